The molecular formula is C18H21FN2O2S. The lowest BCUT2D eigenvalue weighted by molar-refractivity contribution is 0.384. The Kier molecular flexibility index (Phi) is 4.60. The number of rotatable bonds is 3. The standard InChI is InChI=1S/C18H21FN2O2S/c1-14-4-3-5-18(15(14)2)20-10-12-21(13-11-20)24(22,23)17-8-6-16(19)7-9-17/h3-9H,10-13H2,1-2H3. The Morgan fingerprint density at radius 2 is 1.54 bits per heavy atom. The zero-order valence-corrected chi connectivity index (χ0v) is 14.7. The fourth-order valence-electron chi connectivity index (χ4n) is 3.00. The number of hydrogen-bond acceptors (Lipinski definition) is 3. The third-order valence-electron chi connectivity index (χ3n) is 4.61. The number of benzene rings is 2. The van der Waals surface area contributed by atoms with Crippen LogP contribution in [-0.2, 0) is 10.0 Å². The van der Waals surface area contributed by atoms with Crippen molar-refractivity contribution in [3.63, 3.8) is 0 Å². The molecule has 0 spiro atoms. The summed E-state index contributed by atoms with van der Waals surface area (Å²) < 4.78 is 39.8. The molecule has 24 heavy (non-hydrogen) atoms. The Hall–Kier alpha value is -1.92. The van der Waals surface area contributed by atoms with Crippen LogP contribution in [0.4, 0.5) is 10.1 Å². The summed E-state index contributed by atoms with van der Waals surface area (Å²) in [5.74, 6) is -0.436. The summed E-state index contributed by atoms with van der Waals surface area (Å²) in [7, 11) is -3.56. The minimum Gasteiger partial charge on any atom is -0.369 e. The van der Waals surface area contributed by atoms with E-state index in [-0.39, 0.29) is 4.90 Å². The highest BCUT2D eigenvalue weighted by atomic mass is 32.2. The van der Waals surface area contributed by atoms with Crippen molar-refractivity contribution in [2.75, 3.05) is 31.1 Å². The molecule has 2 aromatic rings. The topological polar surface area (TPSA) is 40.6 Å². The molecule has 0 saturated carbocycles. The lowest BCUT2D eigenvalue weighted by Gasteiger charge is -2.36. The minimum absolute atomic E-state index is 0.143. The van der Waals surface area contributed by atoms with E-state index in [4.69, 9.17) is 0 Å². The summed E-state index contributed by atoms with van der Waals surface area (Å²) in [6.07, 6.45) is 0. The molecule has 1 aliphatic heterocycles. The summed E-state index contributed by atoms with van der Waals surface area (Å²) >= 11 is 0. The largest absolute Gasteiger partial charge is 0.369 e. The van der Waals surface area contributed by atoms with Crippen molar-refractivity contribution in [2.45, 2.75) is 18.7 Å². The van der Waals surface area contributed by atoms with Crippen molar-refractivity contribution in [3.8, 4) is 0 Å². The summed E-state index contributed by atoms with van der Waals surface area (Å²) in [5, 5.41) is 0. The molecule has 3 rings (SSSR count). The van der Waals surface area contributed by atoms with Gasteiger partial charge in [-0.25, -0.2) is 12.8 Å². The van der Waals surface area contributed by atoms with Gasteiger partial charge in [0.05, 0.1) is 4.90 Å². The number of sulfonamides is 1. The summed E-state index contributed by atoms with van der Waals surface area (Å²) in [6.45, 7) is 6.30. The highest BCUT2D eigenvalue weighted by Gasteiger charge is 2.29. The third-order valence-corrected chi connectivity index (χ3v) is 6.52. The van der Waals surface area contributed by atoms with E-state index < -0.39 is 15.8 Å². The van der Waals surface area contributed by atoms with E-state index in [1.807, 2.05) is 6.07 Å². The molecule has 0 aromatic heterocycles. The zero-order valence-electron chi connectivity index (χ0n) is 13.9. The second-order valence-electron chi connectivity index (χ2n) is 6.06. The summed E-state index contributed by atoms with van der Waals surface area (Å²) in [5.41, 5.74) is 3.62. The van der Waals surface area contributed by atoms with Crippen LogP contribution in [0.3, 0.4) is 0 Å². The van der Waals surface area contributed by atoms with Crippen molar-refractivity contribution in [1.29, 1.82) is 0 Å². The molecule has 1 aliphatic rings. The summed E-state index contributed by atoms with van der Waals surface area (Å²) in [4.78, 5) is 2.36. The molecule has 1 fully saturated rings. The van der Waals surface area contributed by atoms with E-state index in [2.05, 4.69) is 30.9 Å². The normalized spacial score (nSPS) is 16.4. The Balaban J connectivity index is 1.75. The first-order valence-electron chi connectivity index (χ1n) is 7.96. The number of anilines is 1. The van der Waals surface area contributed by atoms with Gasteiger partial charge in [0.15, 0.2) is 0 Å². The van der Waals surface area contributed by atoms with Gasteiger partial charge in [0.2, 0.25) is 10.0 Å². The van der Waals surface area contributed by atoms with Crippen LogP contribution in [0.2, 0.25) is 0 Å². The molecule has 4 nitrogen and oxygen atoms in total. The van der Waals surface area contributed by atoms with E-state index in [0.29, 0.717) is 26.2 Å². The molecule has 6 heteroatoms. The van der Waals surface area contributed by atoms with Crippen molar-refractivity contribution in [2.24, 2.45) is 0 Å². The first-order chi connectivity index (χ1) is 11.4. The quantitative estimate of drug-likeness (QED) is 0.856. The van der Waals surface area contributed by atoms with Gasteiger partial charge in [-0.2, -0.15) is 4.31 Å². The Labute approximate surface area is 142 Å². The predicted octanol–water partition coefficient (Wildman–Crippen LogP) is 2.95. The third kappa shape index (κ3) is 3.16. The SMILES string of the molecule is Cc1cccc(N2CCN(S(=O)(=O)c3ccc(F)cc3)CC2)c1C. The number of piperazine rings is 1. The van der Waals surface area contributed by atoms with E-state index in [1.54, 1.807) is 0 Å². The smallest absolute Gasteiger partial charge is 0.243 e. The van der Waals surface area contributed by atoms with Crippen LogP contribution < -0.4 is 4.90 Å². The van der Waals surface area contributed by atoms with Crippen molar-refractivity contribution in [1.82, 2.24) is 4.31 Å². The molecule has 0 atom stereocenters. The first kappa shape index (κ1) is 16.9. The molecule has 0 amide bonds. The number of hydrogen-bond donors (Lipinski definition) is 0. The van der Waals surface area contributed by atoms with Crippen LogP contribution in [0, 0.1) is 19.7 Å². The van der Waals surface area contributed by atoms with Crippen molar-refractivity contribution in [3.05, 3.63) is 59.4 Å². The van der Waals surface area contributed by atoms with Crippen LogP contribution in [0.5, 0.6) is 0 Å². The minimum atomic E-state index is -3.56. The molecule has 1 heterocycles. The molecular weight excluding hydrogens is 327 g/mol. The average Bonchev–Trinajstić information content (AvgIpc) is 2.58. The van der Waals surface area contributed by atoms with E-state index in [1.165, 1.54) is 39.7 Å². The molecule has 0 radical (unpaired) electrons. The average molecular weight is 348 g/mol. The Bertz CT molecular complexity index is 827. The van der Waals surface area contributed by atoms with Gasteiger partial charge in [-0.1, -0.05) is 12.1 Å². The van der Waals surface area contributed by atoms with Gasteiger partial charge in [-0.05, 0) is 55.3 Å². The van der Waals surface area contributed by atoms with Crippen LogP contribution in [0.15, 0.2) is 47.4 Å². The van der Waals surface area contributed by atoms with Gasteiger partial charge >= 0.3 is 0 Å². The van der Waals surface area contributed by atoms with Crippen LogP contribution in [-0.4, -0.2) is 38.9 Å². The van der Waals surface area contributed by atoms with Gasteiger partial charge < -0.3 is 4.90 Å². The van der Waals surface area contributed by atoms with E-state index >= 15 is 0 Å². The second kappa shape index (κ2) is 6.53. The molecule has 0 unspecified atom stereocenters. The van der Waals surface area contributed by atoms with Gasteiger partial charge in [-0.15, -0.1) is 0 Å². The molecule has 2 aromatic carbocycles. The van der Waals surface area contributed by atoms with Gasteiger partial charge in [0.25, 0.3) is 0 Å². The molecule has 128 valence electrons. The van der Waals surface area contributed by atoms with Gasteiger partial charge in [0, 0.05) is 31.9 Å². The Morgan fingerprint density at radius 1 is 0.917 bits per heavy atom. The lowest BCUT2D eigenvalue weighted by atomic mass is 10.1. The van der Waals surface area contributed by atoms with E-state index in [9.17, 15) is 12.8 Å². The molecule has 0 N–H and O–H groups in total. The fraction of sp³-hybridized carbons (Fsp3) is 0.333. The second-order valence-corrected chi connectivity index (χ2v) is 8.00. The van der Waals surface area contributed by atoms with Crippen molar-refractivity contribution >= 4 is 15.7 Å². The predicted molar refractivity (Wildman–Crippen MR) is 93.3 cm³/mol. The van der Waals surface area contributed by atoms with Crippen LogP contribution in [0.1, 0.15) is 11.1 Å². The monoisotopic (exact) mass is 348 g/mol. The first-order valence-corrected chi connectivity index (χ1v) is 9.40. The zero-order chi connectivity index (χ0) is 17.3. The number of nitrogens with zero attached hydrogens (tertiary/aromatic N) is 2. The number of aryl methyl sites for hydroxylation is 1. The fourth-order valence-corrected chi connectivity index (χ4v) is 4.43. The van der Waals surface area contributed by atoms with Crippen LogP contribution >= 0.6 is 0 Å². The van der Waals surface area contributed by atoms with Gasteiger partial charge in [0.1, 0.15) is 5.82 Å². The van der Waals surface area contributed by atoms with E-state index in [0.717, 1.165) is 5.69 Å². The Morgan fingerprint density at radius 3 is 2.17 bits per heavy atom. The lowest BCUT2D eigenvalue weighted by Crippen LogP contribution is -2.48. The van der Waals surface area contributed by atoms with Gasteiger partial charge in [-0.3, -0.25) is 0 Å². The highest BCUT2D eigenvalue weighted by Crippen LogP contribution is 2.25. The number of halogens is 1. The summed E-state index contributed by atoms with van der Waals surface area (Å²) in [6, 6.07) is 11.2. The maximum atomic E-state index is 13.0. The molecule has 0 bridgehead atoms. The molecule has 1 saturated heterocycles. The maximum Gasteiger partial charge on any atom is 0.243 e. The maximum absolute atomic E-state index is 13.0. The highest BCUT2D eigenvalue weighted by molar-refractivity contribution is 7.89. The van der Waals surface area contributed by atoms with Crippen molar-refractivity contribution < 1.29 is 12.8 Å². The van der Waals surface area contributed by atoms with Crippen LogP contribution in [0.25, 0.3) is 0 Å². The molecule has 0 aliphatic carbocycles.